The Labute approximate surface area is 147 Å². The summed E-state index contributed by atoms with van der Waals surface area (Å²) in [5.41, 5.74) is 6.48. The second-order valence-corrected chi connectivity index (χ2v) is 7.57. The number of allylic oxidation sites excluding steroid dienone is 2. The molecule has 120 valence electrons. The van der Waals surface area contributed by atoms with Gasteiger partial charge in [0.05, 0.1) is 0 Å². The molecule has 0 aromatic carbocycles. The molecule has 24 heavy (non-hydrogen) atoms. The molecule has 0 bridgehead atoms. The van der Waals surface area contributed by atoms with Gasteiger partial charge in [-0.15, -0.1) is 0 Å². The molecule has 1 atom stereocenters. The summed E-state index contributed by atoms with van der Waals surface area (Å²) in [5.74, 6) is 0.725. The highest BCUT2D eigenvalue weighted by Gasteiger charge is 2.34. The molecule has 0 saturated heterocycles. The molecule has 0 spiro atoms. The van der Waals surface area contributed by atoms with Crippen LogP contribution in [0.5, 0.6) is 0 Å². The van der Waals surface area contributed by atoms with E-state index in [1.54, 1.807) is 22.7 Å². The van der Waals surface area contributed by atoms with Gasteiger partial charge in [-0.25, -0.2) is 0 Å². The fourth-order valence-corrected chi connectivity index (χ4v) is 4.84. The van der Waals surface area contributed by atoms with E-state index in [0.717, 1.165) is 25.2 Å². The predicted octanol–water partition coefficient (Wildman–Crippen LogP) is 4.33. The van der Waals surface area contributed by atoms with Crippen molar-refractivity contribution in [2.75, 3.05) is 5.32 Å². The van der Waals surface area contributed by atoms with Crippen molar-refractivity contribution in [2.45, 2.75) is 25.3 Å². The van der Waals surface area contributed by atoms with E-state index in [0.29, 0.717) is 0 Å². The maximum Gasteiger partial charge on any atom is 0.248 e. The summed E-state index contributed by atoms with van der Waals surface area (Å²) in [4.78, 5) is 0. The van der Waals surface area contributed by atoms with Crippen LogP contribution < -0.4 is 5.32 Å². The van der Waals surface area contributed by atoms with E-state index in [-0.39, 0.29) is 6.04 Å². The minimum absolute atomic E-state index is 0.101. The summed E-state index contributed by atoms with van der Waals surface area (Å²) in [6.45, 7) is 0. The molecule has 5 rings (SSSR count). The third-order valence-electron chi connectivity index (χ3n) is 4.58. The van der Waals surface area contributed by atoms with Crippen LogP contribution >= 0.6 is 22.7 Å². The highest BCUT2D eigenvalue weighted by Crippen LogP contribution is 2.43. The first-order chi connectivity index (χ1) is 11.9. The van der Waals surface area contributed by atoms with Crippen LogP contribution in [0.25, 0.3) is 6.08 Å². The molecule has 0 amide bonds. The molecule has 0 radical (unpaired) electrons. The molecule has 1 unspecified atom stereocenters. The van der Waals surface area contributed by atoms with E-state index in [4.69, 9.17) is 0 Å². The van der Waals surface area contributed by atoms with Crippen molar-refractivity contribution in [3.8, 4) is 0 Å². The average molecular weight is 353 g/mol. The highest BCUT2D eigenvalue weighted by atomic mass is 32.1. The van der Waals surface area contributed by atoms with E-state index >= 15 is 0 Å². The number of aromatic nitrogens is 4. The van der Waals surface area contributed by atoms with Crippen molar-refractivity contribution in [1.82, 2.24) is 20.2 Å². The Bertz CT molecular complexity index is 918. The zero-order valence-corrected chi connectivity index (χ0v) is 14.5. The number of nitrogens with zero attached hydrogens (tertiary/aromatic N) is 4. The zero-order valence-electron chi connectivity index (χ0n) is 12.8. The van der Waals surface area contributed by atoms with Gasteiger partial charge in [-0.2, -0.15) is 27.4 Å². The van der Waals surface area contributed by atoms with Gasteiger partial charge >= 0.3 is 0 Å². The van der Waals surface area contributed by atoms with Crippen LogP contribution in [0.2, 0.25) is 0 Å². The molecule has 3 aromatic heterocycles. The predicted molar refractivity (Wildman–Crippen MR) is 97.1 cm³/mol. The normalized spacial score (nSPS) is 21.5. The summed E-state index contributed by atoms with van der Waals surface area (Å²) < 4.78 is 1.91. The Morgan fingerprint density at radius 1 is 1.17 bits per heavy atom. The lowest BCUT2D eigenvalue weighted by molar-refractivity contribution is 0.525. The van der Waals surface area contributed by atoms with Gasteiger partial charge in [-0.1, -0.05) is 5.10 Å². The number of rotatable bonds is 2. The third-order valence-corrected chi connectivity index (χ3v) is 5.98. The van der Waals surface area contributed by atoms with Crippen LogP contribution in [0, 0.1) is 0 Å². The molecule has 7 heteroatoms. The Morgan fingerprint density at radius 2 is 2.08 bits per heavy atom. The van der Waals surface area contributed by atoms with Crippen LogP contribution in [-0.4, -0.2) is 20.2 Å². The lowest BCUT2D eigenvalue weighted by atomic mass is 9.84. The first-order valence-corrected chi connectivity index (χ1v) is 9.82. The summed E-state index contributed by atoms with van der Waals surface area (Å²) in [7, 11) is 0. The van der Waals surface area contributed by atoms with Gasteiger partial charge in [0.15, 0.2) is 0 Å². The summed E-state index contributed by atoms with van der Waals surface area (Å²) in [6, 6.07) is 4.44. The summed E-state index contributed by atoms with van der Waals surface area (Å²) in [6.07, 6.45) is 5.61. The first-order valence-electron chi connectivity index (χ1n) is 7.93. The van der Waals surface area contributed by atoms with E-state index in [1.807, 2.05) is 4.68 Å². The second kappa shape index (κ2) is 5.68. The van der Waals surface area contributed by atoms with E-state index in [2.05, 4.69) is 60.6 Å². The summed E-state index contributed by atoms with van der Waals surface area (Å²) >= 11 is 3.45. The van der Waals surface area contributed by atoms with Crippen molar-refractivity contribution >= 4 is 34.7 Å². The molecule has 0 fully saturated rings. The second-order valence-electron chi connectivity index (χ2n) is 6.01. The molecule has 2 aliphatic rings. The molecule has 4 heterocycles. The van der Waals surface area contributed by atoms with Crippen molar-refractivity contribution in [2.24, 2.45) is 0 Å². The van der Waals surface area contributed by atoms with E-state index in [1.165, 1.54) is 28.0 Å². The maximum absolute atomic E-state index is 4.23. The van der Waals surface area contributed by atoms with Gasteiger partial charge in [0, 0.05) is 5.70 Å². The van der Waals surface area contributed by atoms with Gasteiger partial charge in [0.25, 0.3) is 0 Å². The van der Waals surface area contributed by atoms with Gasteiger partial charge in [-0.05, 0) is 91.7 Å². The monoisotopic (exact) mass is 353 g/mol. The molecule has 1 aliphatic heterocycles. The lowest BCUT2D eigenvalue weighted by Gasteiger charge is -2.33. The standard InChI is InChI=1S/C17H15N5S2/c1-2-12(8-11-4-6-23-9-11)15-14(3-1)16(13-5-7-24-10-13)22-17(18-15)19-20-21-22/h4-10,16H,1-3H2,(H,18,19,21)/b12-8-. The Morgan fingerprint density at radius 3 is 2.92 bits per heavy atom. The quantitative estimate of drug-likeness (QED) is 0.745. The number of hydrogen-bond acceptors (Lipinski definition) is 6. The fraction of sp³-hybridized carbons (Fsp3) is 0.235. The average Bonchev–Trinajstić information content (AvgIpc) is 3.35. The van der Waals surface area contributed by atoms with Gasteiger partial charge in [0.1, 0.15) is 6.04 Å². The fourth-order valence-electron chi connectivity index (χ4n) is 3.54. The SMILES string of the molecule is C(=C1\CCCC2=C1Nc1nnnn1C2c1ccsc1)/c1ccsc1. The Balaban J connectivity index is 1.67. The van der Waals surface area contributed by atoms with Crippen molar-refractivity contribution in [3.05, 3.63) is 61.6 Å². The first kappa shape index (κ1) is 14.1. The molecule has 1 N–H and O–H groups in total. The van der Waals surface area contributed by atoms with E-state index in [9.17, 15) is 0 Å². The minimum Gasteiger partial charge on any atom is -0.323 e. The van der Waals surface area contributed by atoms with Crippen molar-refractivity contribution < 1.29 is 0 Å². The molecule has 5 nitrogen and oxygen atoms in total. The Kier molecular flexibility index (Phi) is 3.34. The number of hydrogen-bond donors (Lipinski definition) is 1. The smallest absolute Gasteiger partial charge is 0.248 e. The zero-order chi connectivity index (χ0) is 15.9. The van der Waals surface area contributed by atoms with E-state index < -0.39 is 0 Å². The van der Waals surface area contributed by atoms with Crippen LogP contribution in [0.1, 0.15) is 36.4 Å². The number of fused-ring (bicyclic) bond motifs is 1. The van der Waals surface area contributed by atoms with Crippen LogP contribution in [0.4, 0.5) is 5.95 Å². The maximum atomic E-state index is 4.23. The van der Waals surface area contributed by atoms with Gasteiger partial charge < -0.3 is 5.32 Å². The largest absolute Gasteiger partial charge is 0.323 e. The lowest BCUT2D eigenvalue weighted by Crippen LogP contribution is -2.28. The number of anilines is 1. The minimum atomic E-state index is 0.101. The number of thiophene rings is 2. The molecular weight excluding hydrogens is 338 g/mol. The number of nitrogens with one attached hydrogen (secondary N) is 1. The van der Waals surface area contributed by atoms with Crippen molar-refractivity contribution in [1.29, 1.82) is 0 Å². The van der Waals surface area contributed by atoms with Crippen molar-refractivity contribution in [3.63, 3.8) is 0 Å². The van der Waals surface area contributed by atoms with Gasteiger partial charge in [-0.3, -0.25) is 0 Å². The van der Waals surface area contributed by atoms with Crippen LogP contribution in [-0.2, 0) is 0 Å². The summed E-state index contributed by atoms with van der Waals surface area (Å²) in [5, 5.41) is 24.4. The van der Waals surface area contributed by atoms with Crippen LogP contribution in [0.15, 0.2) is 50.5 Å². The van der Waals surface area contributed by atoms with Gasteiger partial charge in [0.2, 0.25) is 5.95 Å². The topological polar surface area (TPSA) is 55.6 Å². The third kappa shape index (κ3) is 2.23. The molecule has 0 saturated carbocycles. The Hall–Kier alpha value is -2.25. The molecule has 1 aliphatic carbocycles. The number of tetrazole rings is 1. The van der Waals surface area contributed by atoms with Crippen LogP contribution in [0.3, 0.4) is 0 Å². The highest BCUT2D eigenvalue weighted by molar-refractivity contribution is 7.08. The molecular formula is C17H15N5S2. The molecule has 3 aromatic rings.